The lowest BCUT2D eigenvalue weighted by Crippen LogP contribution is -2.10. The number of nitrogens with zero attached hydrogens (tertiary/aromatic N) is 1. The van der Waals surface area contributed by atoms with E-state index in [0.717, 1.165) is 17.7 Å². The van der Waals surface area contributed by atoms with Gasteiger partial charge in [0.15, 0.2) is 0 Å². The SMILES string of the molecule is CCC(Nc1ccc(C)cc1[N+](=O)[O-])c1ccco1. The predicted molar refractivity (Wildman–Crippen MR) is 73.2 cm³/mol. The van der Waals surface area contributed by atoms with Gasteiger partial charge in [-0.2, -0.15) is 0 Å². The van der Waals surface area contributed by atoms with Gasteiger partial charge in [0.25, 0.3) is 5.69 Å². The fourth-order valence-electron chi connectivity index (χ4n) is 1.97. The van der Waals surface area contributed by atoms with Gasteiger partial charge in [-0.3, -0.25) is 10.1 Å². The van der Waals surface area contributed by atoms with E-state index in [0.29, 0.717) is 5.69 Å². The van der Waals surface area contributed by atoms with Crippen LogP contribution in [0.1, 0.15) is 30.7 Å². The Hall–Kier alpha value is -2.30. The van der Waals surface area contributed by atoms with Crippen LogP contribution in [-0.2, 0) is 0 Å². The monoisotopic (exact) mass is 260 g/mol. The number of aryl methyl sites for hydroxylation is 1. The molecule has 0 bridgehead atoms. The van der Waals surface area contributed by atoms with Crippen LogP contribution in [0.3, 0.4) is 0 Å². The molecule has 5 nitrogen and oxygen atoms in total. The van der Waals surface area contributed by atoms with Gasteiger partial charge in [0, 0.05) is 6.07 Å². The highest BCUT2D eigenvalue weighted by Gasteiger charge is 2.18. The maximum atomic E-state index is 11.1. The molecule has 2 aromatic rings. The molecular weight excluding hydrogens is 244 g/mol. The minimum atomic E-state index is -0.371. The first-order chi connectivity index (χ1) is 9.11. The normalized spacial score (nSPS) is 12.1. The van der Waals surface area contributed by atoms with Crippen molar-refractivity contribution in [2.75, 3.05) is 5.32 Å². The van der Waals surface area contributed by atoms with E-state index < -0.39 is 0 Å². The van der Waals surface area contributed by atoms with Gasteiger partial charge >= 0.3 is 0 Å². The number of hydrogen-bond acceptors (Lipinski definition) is 4. The van der Waals surface area contributed by atoms with Crippen LogP contribution < -0.4 is 5.32 Å². The molecular formula is C14H16N2O3. The van der Waals surface area contributed by atoms with Crippen LogP contribution in [0, 0.1) is 17.0 Å². The highest BCUT2D eigenvalue weighted by atomic mass is 16.6. The molecule has 0 saturated carbocycles. The number of benzene rings is 1. The summed E-state index contributed by atoms with van der Waals surface area (Å²) in [5.41, 5.74) is 1.46. The van der Waals surface area contributed by atoms with Gasteiger partial charge in [-0.15, -0.1) is 0 Å². The molecule has 1 heterocycles. The molecule has 1 atom stereocenters. The third kappa shape index (κ3) is 2.93. The van der Waals surface area contributed by atoms with Crippen LogP contribution in [0.15, 0.2) is 41.0 Å². The topological polar surface area (TPSA) is 68.3 Å². The zero-order valence-electron chi connectivity index (χ0n) is 10.9. The fourth-order valence-corrected chi connectivity index (χ4v) is 1.97. The van der Waals surface area contributed by atoms with Gasteiger partial charge in [0.1, 0.15) is 11.4 Å². The first-order valence-corrected chi connectivity index (χ1v) is 6.16. The van der Waals surface area contributed by atoms with Crippen molar-refractivity contribution in [2.45, 2.75) is 26.3 Å². The molecule has 0 fully saturated rings. The van der Waals surface area contributed by atoms with E-state index in [1.807, 2.05) is 32.0 Å². The molecule has 0 aliphatic rings. The first-order valence-electron chi connectivity index (χ1n) is 6.16. The van der Waals surface area contributed by atoms with Gasteiger partial charge in [-0.25, -0.2) is 0 Å². The molecule has 100 valence electrons. The Morgan fingerprint density at radius 3 is 2.79 bits per heavy atom. The molecule has 1 unspecified atom stereocenters. The van der Waals surface area contributed by atoms with Crippen molar-refractivity contribution in [2.24, 2.45) is 0 Å². The Kier molecular flexibility index (Phi) is 3.85. The lowest BCUT2D eigenvalue weighted by Gasteiger charge is -2.16. The molecule has 0 aliphatic heterocycles. The molecule has 1 aromatic carbocycles. The lowest BCUT2D eigenvalue weighted by molar-refractivity contribution is -0.384. The Labute approximate surface area is 111 Å². The highest BCUT2D eigenvalue weighted by Crippen LogP contribution is 2.30. The van der Waals surface area contributed by atoms with Crippen LogP contribution in [0.4, 0.5) is 11.4 Å². The average molecular weight is 260 g/mol. The summed E-state index contributed by atoms with van der Waals surface area (Å²) in [6.07, 6.45) is 2.38. The second kappa shape index (κ2) is 5.56. The summed E-state index contributed by atoms with van der Waals surface area (Å²) < 4.78 is 5.35. The smallest absolute Gasteiger partial charge is 0.292 e. The number of nitro benzene ring substituents is 1. The Balaban J connectivity index is 2.29. The summed E-state index contributed by atoms with van der Waals surface area (Å²) in [6, 6.07) is 8.75. The second-order valence-electron chi connectivity index (χ2n) is 4.40. The summed E-state index contributed by atoms with van der Waals surface area (Å²) in [5, 5.41) is 14.2. The number of nitrogens with one attached hydrogen (secondary N) is 1. The van der Waals surface area contributed by atoms with Gasteiger partial charge < -0.3 is 9.73 Å². The largest absolute Gasteiger partial charge is 0.467 e. The minimum Gasteiger partial charge on any atom is -0.467 e. The summed E-state index contributed by atoms with van der Waals surface area (Å²) in [4.78, 5) is 10.7. The molecule has 0 saturated heterocycles. The van der Waals surface area contributed by atoms with E-state index in [4.69, 9.17) is 4.42 Å². The van der Waals surface area contributed by atoms with Crippen LogP contribution in [-0.4, -0.2) is 4.92 Å². The summed E-state index contributed by atoms with van der Waals surface area (Å²) in [5.74, 6) is 0.775. The summed E-state index contributed by atoms with van der Waals surface area (Å²) in [6.45, 7) is 3.83. The van der Waals surface area contributed by atoms with Crippen molar-refractivity contribution < 1.29 is 9.34 Å². The summed E-state index contributed by atoms with van der Waals surface area (Å²) in [7, 11) is 0. The van der Waals surface area contributed by atoms with Crippen molar-refractivity contribution in [1.29, 1.82) is 0 Å². The minimum absolute atomic E-state index is 0.0728. The van der Waals surface area contributed by atoms with Gasteiger partial charge in [0.2, 0.25) is 0 Å². The van der Waals surface area contributed by atoms with Crippen molar-refractivity contribution in [3.05, 3.63) is 58.0 Å². The third-order valence-corrected chi connectivity index (χ3v) is 2.97. The van der Waals surface area contributed by atoms with Crippen molar-refractivity contribution in [3.8, 4) is 0 Å². The lowest BCUT2D eigenvalue weighted by atomic mass is 10.1. The number of furan rings is 1. The maximum absolute atomic E-state index is 11.1. The fraction of sp³-hybridized carbons (Fsp3) is 0.286. The number of hydrogen-bond donors (Lipinski definition) is 1. The molecule has 1 aromatic heterocycles. The molecule has 1 N–H and O–H groups in total. The number of rotatable bonds is 5. The van der Waals surface area contributed by atoms with E-state index >= 15 is 0 Å². The molecule has 19 heavy (non-hydrogen) atoms. The standard InChI is InChI=1S/C14H16N2O3/c1-3-11(14-5-4-8-19-14)15-12-7-6-10(2)9-13(12)16(17)18/h4-9,11,15H,3H2,1-2H3. The van der Waals surface area contributed by atoms with E-state index in [1.54, 1.807) is 18.4 Å². The average Bonchev–Trinajstić information content (AvgIpc) is 2.90. The zero-order valence-corrected chi connectivity index (χ0v) is 10.9. The van der Waals surface area contributed by atoms with Gasteiger partial charge in [-0.05, 0) is 37.1 Å². The predicted octanol–water partition coefficient (Wildman–Crippen LogP) is 4.06. The van der Waals surface area contributed by atoms with E-state index in [1.165, 1.54) is 0 Å². The van der Waals surface area contributed by atoms with Crippen LogP contribution in [0.2, 0.25) is 0 Å². The number of nitro groups is 1. The van der Waals surface area contributed by atoms with E-state index in [2.05, 4.69) is 5.32 Å². The van der Waals surface area contributed by atoms with E-state index in [-0.39, 0.29) is 16.7 Å². The molecule has 0 spiro atoms. The maximum Gasteiger partial charge on any atom is 0.292 e. The Morgan fingerprint density at radius 1 is 1.42 bits per heavy atom. The summed E-state index contributed by atoms with van der Waals surface area (Å²) >= 11 is 0. The van der Waals surface area contributed by atoms with Gasteiger partial charge in [0.05, 0.1) is 17.2 Å². The Bertz CT molecular complexity index is 564. The third-order valence-electron chi connectivity index (χ3n) is 2.97. The quantitative estimate of drug-likeness (QED) is 0.650. The zero-order chi connectivity index (χ0) is 13.8. The molecule has 2 rings (SSSR count). The molecule has 0 aliphatic carbocycles. The molecule has 0 radical (unpaired) electrons. The molecule has 5 heteroatoms. The van der Waals surface area contributed by atoms with Crippen molar-refractivity contribution in [3.63, 3.8) is 0 Å². The van der Waals surface area contributed by atoms with Gasteiger partial charge in [-0.1, -0.05) is 13.0 Å². The molecule has 0 amide bonds. The Morgan fingerprint density at radius 2 is 2.21 bits per heavy atom. The second-order valence-corrected chi connectivity index (χ2v) is 4.40. The number of anilines is 1. The van der Waals surface area contributed by atoms with Crippen molar-refractivity contribution >= 4 is 11.4 Å². The van der Waals surface area contributed by atoms with E-state index in [9.17, 15) is 10.1 Å². The van der Waals surface area contributed by atoms with Crippen molar-refractivity contribution in [1.82, 2.24) is 0 Å². The highest BCUT2D eigenvalue weighted by molar-refractivity contribution is 5.63. The van der Waals surface area contributed by atoms with Crippen LogP contribution >= 0.6 is 0 Å². The van der Waals surface area contributed by atoms with Crippen LogP contribution in [0.5, 0.6) is 0 Å². The first kappa shape index (κ1) is 13.1. The van der Waals surface area contributed by atoms with Crippen LogP contribution in [0.25, 0.3) is 0 Å².